The van der Waals surface area contributed by atoms with Gasteiger partial charge in [0.1, 0.15) is 0 Å². The van der Waals surface area contributed by atoms with Crippen LogP contribution in [0.25, 0.3) is 0 Å². The van der Waals surface area contributed by atoms with E-state index < -0.39 is 0 Å². The van der Waals surface area contributed by atoms with Crippen LogP contribution in [-0.4, -0.2) is 15.0 Å². The molecule has 0 N–H and O–H groups in total. The van der Waals surface area contributed by atoms with Crippen molar-refractivity contribution in [3.8, 4) is 0 Å². The number of aromatic nitrogens is 3. The summed E-state index contributed by atoms with van der Waals surface area (Å²) in [7, 11) is 0. The van der Waals surface area contributed by atoms with Gasteiger partial charge in [0.05, 0.1) is 18.4 Å². The molecule has 0 saturated carbocycles. The van der Waals surface area contributed by atoms with E-state index in [9.17, 15) is 0 Å². The standard InChI is InChI=1S/C11H13N3/c1-9-3-5-11(6-4-9)8-14-10(2)7-12-13-14/h3-7H,8H2,1-2H3. The van der Waals surface area contributed by atoms with Gasteiger partial charge in [-0.1, -0.05) is 35.0 Å². The van der Waals surface area contributed by atoms with Gasteiger partial charge in [0.25, 0.3) is 0 Å². The summed E-state index contributed by atoms with van der Waals surface area (Å²) in [5.74, 6) is 0. The van der Waals surface area contributed by atoms with Crippen LogP contribution < -0.4 is 0 Å². The van der Waals surface area contributed by atoms with E-state index in [0.29, 0.717) is 0 Å². The second kappa shape index (κ2) is 3.62. The third-order valence-electron chi connectivity index (χ3n) is 2.26. The molecule has 0 saturated heterocycles. The predicted octanol–water partition coefficient (Wildman–Crippen LogP) is 1.94. The van der Waals surface area contributed by atoms with Crippen LogP contribution in [0.4, 0.5) is 0 Å². The molecule has 0 aliphatic carbocycles. The van der Waals surface area contributed by atoms with Crippen molar-refractivity contribution in [2.45, 2.75) is 20.4 Å². The first-order chi connectivity index (χ1) is 6.75. The van der Waals surface area contributed by atoms with E-state index in [0.717, 1.165) is 12.2 Å². The maximum atomic E-state index is 4.00. The van der Waals surface area contributed by atoms with Gasteiger partial charge in [-0.3, -0.25) is 0 Å². The number of benzene rings is 1. The van der Waals surface area contributed by atoms with Crippen molar-refractivity contribution >= 4 is 0 Å². The molecule has 14 heavy (non-hydrogen) atoms. The van der Waals surface area contributed by atoms with Crippen molar-refractivity contribution in [3.63, 3.8) is 0 Å². The lowest BCUT2D eigenvalue weighted by atomic mass is 10.1. The van der Waals surface area contributed by atoms with Gasteiger partial charge in [-0.05, 0) is 19.4 Å². The molecule has 3 nitrogen and oxygen atoms in total. The van der Waals surface area contributed by atoms with Gasteiger partial charge in [0, 0.05) is 0 Å². The second-order valence-corrected chi connectivity index (χ2v) is 3.52. The Balaban J connectivity index is 2.19. The fraction of sp³-hybridized carbons (Fsp3) is 0.273. The summed E-state index contributed by atoms with van der Waals surface area (Å²) in [5.41, 5.74) is 3.62. The van der Waals surface area contributed by atoms with E-state index in [1.54, 1.807) is 6.20 Å². The van der Waals surface area contributed by atoms with E-state index in [-0.39, 0.29) is 0 Å². The van der Waals surface area contributed by atoms with Crippen LogP contribution in [0.2, 0.25) is 0 Å². The van der Waals surface area contributed by atoms with Crippen LogP contribution in [0.15, 0.2) is 30.5 Å². The minimum Gasteiger partial charge on any atom is -0.245 e. The van der Waals surface area contributed by atoms with Crippen molar-refractivity contribution in [2.24, 2.45) is 0 Å². The van der Waals surface area contributed by atoms with Crippen molar-refractivity contribution in [2.75, 3.05) is 0 Å². The molecule has 0 amide bonds. The Morgan fingerprint density at radius 3 is 2.43 bits per heavy atom. The molecule has 0 unspecified atom stereocenters. The molecular weight excluding hydrogens is 174 g/mol. The zero-order chi connectivity index (χ0) is 9.97. The van der Waals surface area contributed by atoms with Crippen LogP contribution in [0, 0.1) is 13.8 Å². The zero-order valence-electron chi connectivity index (χ0n) is 8.44. The van der Waals surface area contributed by atoms with Gasteiger partial charge >= 0.3 is 0 Å². The molecule has 0 fully saturated rings. The molecule has 1 aromatic heterocycles. The molecule has 3 heteroatoms. The lowest BCUT2D eigenvalue weighted by Gasteiger charge is -2.03. The summed E-state index contributed by atoms with van der Waals surface area (Å²) in [5, 5.41) is 7.85. The summed E-state index contributed by atoms with van der Waals surface area (Å²) in [4.78, 5) is 0. The van der Waals surface area contributed by atoms with Gasteiger partial charge in [-0.25, -0.2) is 4.68 Å². The lowest BCUT2D eigenvalue weighted by molar-refractivity contribution is 0.633. The molecule has 0 bridgehead atoms. The maximum absolute atomic E-state index is 4.00. The average molecular weight is 187 g/mol. The highest BCUT2D eigenvalue weighted by molar-refractivity contribution is 5.21. The van der Waals surface area contributed by atoms with Gasteiger partial charge in [-0.2, -0.15) is 0 Å². The lowest BCUT2D eigenvalue weighted by Crippen LogP contribution is -2.03. The highest BCUT2D eigenvalue weighted by Crippen LogP contribution is 2.05. The van der Waals surface area contributed by atoms with Crippen LogP contribution in [-0.2, 0) is 6.54 Å². The summed E-state index contributed by atoms with van der Waals surface area (Å²) in [6, 6.07) is 8.47. The fourth-order valence-corrected chi connectivity index (χ4v) is 1.33. The van der Waals surface area contributed by atoms with Gasteiger partial charge in [0.2, 0.25) is 0 Å². The largest absolute Gasteiger partial charge is 0.245 e. The molecule has 72 valence electrons. The maximum Gasteiger partial charge on any atom is 0.0722 e. The minimum atomic E-state index is 0.798. The molecule has 2 rings (SSSR count). The number of nitrogens with zero attached hydrogens (tertiary/aromatic N) is 3. The molecule has 0 spiro atoms. The van der Waals surface area contributed by atoms with Gasteiger partial charge in [0.15, 0.2) is 0 Å². The third kappa shape index (κ3) is 1.82. The molecular formula is C11H13N3. The Hall–Kier alpha value is -1.64. The predicted molar refractivity (Wildman–Crippen MR) is 55.0 cm³/mol. The molecule has 0 aliphatic rings. The van der Waals surface area contributed by atoms with Crippen molar-refractivity contribution < 1.29 is 0 Å². The fourth-order valence-electron chi connectivity index (χ4n) is 1.33. The van der Waals surface area contributed by atoms with E-state index in [4.69, 9.17) is 0 Å². The summed E-state index contributed by atoms with van der Waals surface area (Å²) < 4.78 is 1.89. The van der Waals surface area contributed by atoms with Crippen molar-refractivity contribution in [1.29, 1.82) is 0 Å². The molecule has 0 radical (unpaired) electrons. The number of hydrogen-bond acceptors (Lipinski definition) is 2. The molecule has 2 aromatic rings. The molecule has 1 aromatic carbocycles. The molecule has 0 aliphatic heterocycles. The third-order valence-corrected chi connectivity index (χ3v) is 2.26. The summed E-state index contributed by atoms with van der Waals surface area (Å²) >= 11 is 0. The first-order valence-corrected chi connectivity index (χ1v) is 4.66. The average Bonchev–Trinajstić information content (AvgIpc) is 2.56. The molecule has 0 atom stereocenters. The number of hydrogen-bond donors (Lipinski definition) is 0. The van der Waals surface area contributed by atoms with E-state index in [1.165, 1.54) is 11.1 Å². The van der Waals surface area contributed by atoms with Crippen LogP contribution in [0.5, 0.6) is 0 Å². The number of aryl methyl sites for hydroxylation is 2. The number of rotatable bonds is 2. The van der Waals surface area contributed by atoms with E-state index in [2.05, 4.69) is 41.5 Å². The van der Waals surface area contributed by atoms with Crippen LogP contribution in [0.3, 0.4) is 0 Å². The summed E-state index contributed by atoms with van der Waals surface area (Å²) in [6.45, 7) is 4.89. The Labute approximate surface area is 83.4 Å². The Kier molecular flexibility index (Phi) is 2.31. The van der Waals surface area contributed by atoms with Crippen LogP contribution in [0.1, 0.15) is 16.8 Å². The smallest absolute Gasteiger partial charge is 0.0722 e. The van der Waals surface area contributed by atoms with Crippen molar-refractivity contribution in [3.05, 3.63) is 47.3 Å². The first kappa shape index (κ1) is 8.94. The Bertz CT molecular complexity index is 414. The normalized spacial score (nSPS) is 10.4. The van der Waals surface area contributed by atoms with Gasteiger partial charge < -0.3 is 0 Å². The zero-order valence-corrected chi connectivity index (χ0v) is 8.44. The van der Waals surface area contributed by atoms with Crippen molar-refractivity contribution in [1.82, 2.24) is 15.0 Å². The Morgan fingerprint density at radius 2 is 1.86 bits per heavy atom. The highest BCUT2D eigenvalue weighted by Gasteiger charge is 1.99. The van der Waals surface area contributed by atoms with Crippen LogP contribution >= 0.6 is 0 Å². The van der Waals surface area contributed by atoms with E-state index in [1.807, 2.05) is 11.6 Å². The van der Waals surface area contributed by atoms with Gasteiger partial charge in [-0.15, -0.1) is 5.10 Å². The minimum absolute atomic E-state index is 0.798. The molecule has 1 heterocycles. The monoisotopic (exact) mass is 187 g/mol. The SMILES string of the molecule is Cc1ccc(Cn2nncc2C)cc1. The quantitative estimate of drug-likeness (QED) is 0.719. The second-order valence-electron chi connectivity index (χ2n) is 3.52. The van der Waals surface area contributed by atoms with E-state index >= 15 is 0 Å². The summed E-state index contributed by atoms with van der Waals surface area (Å²) in [6.07, 6.45) is 1.77. The first-order valence-electron chi connectivity index (χ1n) is 4.66. The topological polar surface area (TPSA) is 30.7 Å². The highest BCUT2D eigenvalue weighted by atomic mass is 15.4. The Morgan fingerprint density at radius 1 is 1.14 bits per heavy atom.